The number of carbonyl (C=O) groups excluding carboxylic acids is 1. The van der Waals surface area contributed by atoms with Crippen molar-refractivity contribution in [3.05, 3.63) is 24.3 Å². The summed E-state index contributed by atoms with van der Waals surface area (Å²) in [4.78, 5) is 21.6. The van der Waals surface area contributed by atoms with Gasteiger partial charge in [0.15, 0.2) is 0 Å². The molecule has 1 fully saturated rings. The fourth-order valence-electron chi connectivity index (χ4n) is 1.99. The minimum absolute atomic E-state index is 0.276. The molecule has 17 heavy (non-hydrogen) atoms. The number of rotatable bonds is 5. The molecule has 92 valence electrons. The van der Waals surface area contributed by atoms with Gasteiger partial charge >= 0.3 is 0 Å². The third kappa shape index (κ3) is 3.49. The second kappa shape index (κ2) is 5.72. The molecule has 1 atom stereocenters. The minimum Gasteiger partial charge on any atom is -0.341 e. The van der Waals surface area contributed by atoms with Crippen molar-refractivity contribution in [1.29, 1.82) is 0 Å². The monoisotopic (exact) mass is 234 g/mol. The summed E-state index contributed by atoms with van der Waals surface area (Å²) in [5, 5.41) is 3.35. The van der Waals surface area contributed by atoms with E-state index in [0.29, 0.717) is 13.0 Å². The number of hydrogen-bond donors (Lipinski definition) is 1. The molecule has 1 unspecified atom stereocenters. The van der Waals surface area contributed by atoms with Crippen LogP contribution in [0.25, 0.3) is 0 Å². The molecule has 1 aromatic rings. The lowest BCUT2D eigenvalue weighted by Crippen LogP contribution is -2.39. The molecule has 1 aromatic heterocycles. The number of carbonyl (C=O) groups is 1. The Morgan fingerprint density at radius 1 is 1.53 bits per heavy atom. The van der Waals surface area contributed by atoms with Gasteiger partial charge in [0.1, 0.15) is 0 Å². The van der Waals surface area contributed by atoms with Crippen LogP contribution in [0, 0.1) is 0 Å². The molecule has 1 aliphatic heterocycles. The highest BCUT2D eigenvalue weighted by atomic mass is 16.2. The van der Waals surface area contributed by atoms with E-state index in [0.717, 1.165) is 25.2 Å². The Bertz CT molecular complexity index is 368. The molecule has 0 saturated carbocycles. The van der Waals surface area contributed by atoms with Gasteiger partial charge in [-0.2, -0.15) is 0 Å². The number of amides is 1. The summed E-state index contributed by atoms with van der Waals surface area (Å²) in [6, 6.07) is 0.277. The SMILES string of the molecule is CC(CN1CCCC1=O)NCc1cnccn1. The average molecular weight is 234 g/mol. The molecule has 0 bridgehead atoms. The van der Waals surface area contributed by atoms with Crippen LogP contribution in [0.2, 0.25) is 0 Å². The Morgan fingerprint density at radius 2 is 2.41 bits per heavy atom. The van der Waals surface area contributed by atoms with Crippen molar-refractivity contribution < 1.29 is 4.79 Å². The van der Waals surface area contributed by atoms with Crippen LogP contribution in [0.1, 0.15) is 25.5 Å². The quantitative estimate of drug-likeness (QED) is 0.809. The van der Waals surface area contributed by atoms with Crippen LogP contribution in [0.5, 0.6) is 0 Å². The molecule has 0 aliphatic carbocycles. The van der Waals surface area contributed by atoms with Gasteiger partial charge in [-0.1, -0.05) is 0 Å². The van der Waals surface area contributed by atoms with Crippen LogP contribution >= 0.6 is 0 Å². The van der Waals surface area contributed by atoms with Gasteiger partial charge < -0.3 is 10.2 Å². The van der Waals surface area contributed by atoms with E-state index >= 15 is 0 Å². The summed E-state index contributed by atoms with van der Waals surface area (Å²) in [5.74, 6) is 0.276. The molecule has 2 heterocycles. The standard InChI is InChI=1S/C12H18N4O/c1-10(9-16-6-2-3-12(16)17)15-8-11-7-13-4-5-14-11/h4-5,7,10,15H,2-3,6,8-9H2,1H3. The van der Waals surface area contributed by atoms with E-state index in [2.05, 4.69) is 22.2 Å². The van der Waals surface area contributed by atoms with Gasteiger partial charge in [-0.15, -0.1) is 0 Å². The maximum absolute atomic E-state index is 11.5. The molecule has 1 aliphatic rings. The number of hydrogen-bond acceptors (Lipinski definition) is 4. The van der Waals surface area contributed by atoms with Gasteiger partial charge in [0.25, 0.3) is 0 Å². The first kappa shape index (κ1) is 12.0. The summed E-state index contributed by atoms with van der Waals surface area (Å²) in [6.45, 7) is 4.45. The number of likely N-dealkylation sites (tertiary alicyclic amines) is 1. The third-order valence-corrected chi connectivity index (χ3v) is 2.91. The lowest BCUT2D eigenvalue weighted by Gasteiger charge is -2.21. The first-order valence-corrected chi connectivity index (χ1v) is 6.02. The molecule has 1 amide bonds. The second-order valence-corrected chi connectivity index (χ2v) is 4.42. The van der Waals surface area contributed by atoms with Gasteiger partial charge in [-0.3, -0.25) is 14.8 Å². The molecule has 0 aromatic carbocycles. The summed E-state index contributed by atoms with van der Waals surface area (Å²) in [6.07, 6.45) is 6.80. The smallest absolute Gasteiger partial charge is 0.222 e. The van der Waals surface area contributed by atoms with E-state index in [1.807, 2.05) is 4.90 Å². The van der Waals surface area contributed by atoms with Crippen LogP contribution in [-0.2, 0) is 11.3 Å². The van der Waals surface area contributed by atoms with Crippen molar-refractivity contribution in [2.24, 2.45) is 0 Å². The van der Waals surface area contributed by atoms with Crippen LogP contribution in [-0.4, -0.2) is 39.9 Å². The summed E-state index contributed by atoms with van der Waals surface area (Å²) >= 11 is 0. The molecule has 1 saturated heterocycles. The normalized spacial score (nSPS) is 17.5. The minimum atomic E-state index is 0.276. The molecule has 1 N–H and O–H groups in total. The number of aromatic nitrogens is 2. The predicted molar refractivity (Wildman–Crippen MR) is 64.1 cm³/mol. The van der Waals surface area contributed by atoms with Crippen molar-refractivity contribution in [2.45, 2.75) is 32.4 Å². The van der Waals surface area contributed by atoms with E-state index < -0.39 is 0 Å². The van der Waals surface area contributed by atoms with E-state index in [-0.39, 0.29) is 11.9 Å². The molecular weight excluding hydrogens is 216 g/mol. The highest BCUT2D eigenvalue weighted by Crippen LogP contribution is 2.09. The number of nitrogens with zero attached hydrogens (tertiary/aromatic N) is 3. The zero-order valence-corrected chi connectivity index (χ0v) is 10.1. The average Bonchev–Trinajstić information content (AvgIpc) is 2.74. The van der Waals surface area contributed by atoms with Gasteiger partial charge in [0.05, 0.1) is 5.69 Å². The van der Waals surface area contributed by atoms with Crippen molar-refractivity contribution in [2.75, 3.05) is 13.1 Å². The van der Waals surface area contributed by atoms with Crippen LogP contribution in [0.4, 0.5) is 0 Å². The highest BCUT2D eigenvalue weighted by Gasteiger charge is 2.21. The van der Waals surface area contributed by atoms with Crippen molar-refractivity contribution in [3.63, 3.8) is 0 Å². The van der Waals surface area contributed by atoms with E-state index in [1.165, 1.54) is 0 Å². The molecule has 5 nitrogen and oxygen atoms in total. The third-order valence-electron chi connectivity index (χ3n) is 2.91. The predicted octanol–water partition coefficient (Wildman–Crippen LogP) is 0.577. The molecular formula is C12H18N4O. The highest BCUT2D eigenvalue weighted by molar-refractivity contribution is 5.78. The Balaban J connectivity index is 1.74. The van der Waals surface area contributed by atoms with Crippen LogP contribution < -0.4 is 5.32 Å². The molecule has 2 rings (SSSR count). The Hall–Kier alpha value is -1.49. The largest absolute Gasteiger partial charge is 0.341 e. The van der Waals surface area contributed by atoms with Crippen LogP contribution in [0.3, 0.4) is 0 Å². The maximum Gasteiger partial charge on any atom is 0.222 e. The Kier molecular flexibility index (Phi) is 4.03. The molecule has 0 radical (unpaired) electrons. The molecule has 0 spiro atoms. The van der Waals surface area contributed by atoms with E-state index in [1.54, 1.807) is 18.6 Å². The van der Waals surface area contributed by atoms with Gasteiger partial charge in [0, 0.05) is 50.7 Å². The van der Waals surface area contributed by atoms with E-state index in [4.69, 9.17) is 0 Å². The fourth-order valence-corrected chi connectivity index (χ4v) is 1.99. The first-order chi connectivity index (χ1) is 8.25. The zero-order chi connectivity index (χ0) is 12.1. The maximum atomic E-state index is 11.5. The lowest BCUT2D eigenvalue weighted by atomic mass is 10.3. The molecule has 5 heteroatoms. The first-order valence-electron chi connectivity index (χ1n) is 6.02. The summed E-state index contributed by atoms with van der Waals surface area (Å²) in [5.41, 5.74) is 0.923. The Morgan fingerprint density at radius 3 is 3.06 bits per heavy atom. The summed E-state index contributed by atoms with van der Waals surface area (Å²) in [7, 11) is 0. The van der Waals surface area contributed by atoms with Crippen molar-refractivity contribution in [1.82, 2.24) is 20.2 Å². The zero-order valence-electron chi connectivity index (χ0n) is 10.1. The van der Waals surface area contributed by atoms with Crippen LogP contribution in [0.15, 0.2) is 18.6 Å². The Labute approximate surface area is 101 Å². The fraction of sp³-hybridized carbons (Fsp3) is 0.583. The second-order valence-electron chi connectivity index (χ2n) is 4.42. The van der Waals surface area contributed by atoms with Gasteiger partial charge in [-0.25, -0.2) is 0 Å². The lowest BCUT2D eigenvalue weighted by molar-refractivity contribution is -0.127. The van der Waals surface area contributed by atoms with E-state index in [9.17, 15) is 4.79 Å². The van der Waals surface area contributed by atoms with Crippen molar-refractivity contribution >= 4 is 5.91 Å². The van der Waals surface area contributed by atoms with Crippen molar-refractivity contribution in [3.8, 4) is 0 Å². The number of nitrogens with one attached hydrogen (secondary N) is 1. The summed E-state index contributed by atoms with van der Waals surface area (Å²) < 4.78 is 0. The topological polar surface area (TPSA) is 58.1 Å². The van der Waals surface area contributed by atoms with Gasteiger partial charge in [-0.05, 0) is 13.3 Å². The van der Waals surface area contributed by atoms with Gasteiger partial charge in [0.2, 0.25) is 5.91 Å².